The van der Waals surface area contributed by atoms with Gasteiger partial charge in [0.25, 0.3) is 5.91 Å². The van der Waals surface area contributed by atoms with E-state index in [4.69, 9.17) is 5.73 Å². The smallest absolute Gasteiger partial charge is 0.255 e. The average Bonchev–Trinajstić information content (AvgIpc) is 2.78. The van der Waals surface area contributed by atoms with Gasteiger partial charge in [0.1, 0.15) is 5.82 Å². The molecule has 2 N–H and O–H groups in total. The summed E-state index contributed by atoms with van der Waals surface area (Å²) in [4.78, 5) is 32.1. The van der Waals surface area contributed by atoms with E-state index in [9.17, 15) is 14.0 Å². The number of benzene rings is 1. The first kappa shape index (κ1) is 17.3. The maximum Gasteiger partial charge on any atom is 0.255 e. The van der Waals surface area contributed by atoms with Crippen LogP contribution in [0.4, 0.5) is 4.39 Å². The van der Waals surface area contributed by atoms with Crippen LogP contribution in [0.3, 0.4) is 0 Å². The second kappa shape index (κ2) is 7.14. The highest BCUT2D eigenvalue weighted by Crippen LogP contribution is 2.19. The first-order chi connectivity index (χ1) is 11.9. The lowest BCUT2D eigenvalue weighted by Crippen LogP contribution is -2.38. The number of aryl methyl sites for hydroxylation is 1. The van der Waals surface area contributed by atoms with E-state index >= 15 is 0 Å². The summed E-state index contributed by atoms with van der Waals surface area (Å²) in [5, 5.41) is 0.737. The molecule has 6 nitrogen and oxygen atoms in total. The standard InChI is InChI=1S/C18H21FN4O2/c1-12-15(9-13-3-4-14(19)10-16(13)21-12)18(25)23-6-2-5-22(7-8-23)11-17(20)24/h3-4,9-10H,2,5-8,11H2,1H3,(H2,20,24). The fourth-order valence-electron chi connectivity index (χ4n) is 3.18. The van der Waals surface area contributed by atoms with Crippen LogP contribution in [0.25, 0.3) is 10.9 Å². The van der Waals surface area contributed by atoms with E-state index < -0.39 is 0 Å². The number of rotatable bonds is 3. The van der Waals surface area contributed by atoms with Crippen molar-refractivity contribution in [2.24, 2.45) is 5.73 Å². The van der Waals surface area contributed by atoms with Crippen molar-refractivity contribution >= 4 is 22.7 Å². The van der Waals surface area contributed by atoms with E-state index in [0.29, 0.717) is 36.4 Å². The quantitative estimate of drug-likeness (QED) is 0.911. The molecule has 7 heteroatoms. The molecule has 3 rings (SSSR count). The molecule has 0 spiro atoms. The average molecular weight is 344 g/mol. The number of fused-ring (bicyclic) bond motifs is 1. The van der Waals surface area contributed by atoms with E-state index in [1.165, 1.54) is 12.1 Å². The Morgan fingerprint density at radius 3 is 2.76 bits per heavy atom. The maximum absolute atomic E-state index is 13.3. The molecule has 0 saturated carbocycles. The molecule has 1 aromatic heterocycles. The summed E-state index contributed by atoms with van der Waals surface area (Å²) in [6.45, 7) is 4.47. The largest absolute Gasteiger partial charge is 0.369 e. The predicted molar refractivity (Wildman–Crippen MR) is 92.6 cm³/mol. The number of carbonyl (C=O) groups is 2. The lowest BCUT2D eigenvalue weighted by atomic mass is 10.1. The molecule has 1 aliphatic rings. The zero-order chi connectivity index (χ0) is 18.0. The van der Waals surface area contributed by atoms with Crippen molar-refractivity contribution in [3.8, 4) is 0 Å². The molecular weight excluding hydrogens is 323 g/mol. The van der Waals surface area contributed by atoms with E-state index in [1.54, 1.807) is 24.0 Å². The van der Waals surface area contributed by atoms with Gasteiger partial charge in [0.05, 0.1) is 23.3 Å². The van der Waals surface area contributed by atoms with Crippen molar-refractivity contribution in [2.75, 3.05) is 32.7 Å². The minimum atomic E-state index is -0.360. The van der Waals surface area contributed by atoms with Gasteiger partial charge in [-0.15, -0.1) is 0 Å². The van der Waals surface area contributed by atoms with E-state index in [0.717, 1.165) is 18.4 Å². The van der Waals surface area contributed by atoms with Crippen LogP contribution in [-0.4, -0.2) is 59.3 Å². The Balaban J connectivity index is 1.80. The Kier molecular flexibility index (Phi) is 4.94. The van der Waals surface area contributed by atoms with Crippen molar-refractivity contribution in [3.05, 3.63) is 41.3 Å². The van der Waals surface area contributed by atoms with Crippen molar-refractivity contribution in [2.45, 2.75) is 13.3 Å². The van der Waals surface area contributed by atoms with Gasteiger partial charge in [-0.2, -0.15) is 0 Å². The Bertz CT molecular complexity index is 824. The Labute approximate surface area is 145 Å². The number of hydrogen-bond acceptors (Lipinski definition) is 4. The number of pyridine rings is 1. The molecule has 1 saturated heterocycles. The second-order valence-corrected chi connectivity index (χ2v) is 6.35. The minimum absolute atomic E-state index is 0.0860. The van der Waals surface area contributed by atoms with Gasteiger partial charge in [-0.25, -0.2) is 4.39 Å². The van der Waals surface area contributed by atoms with Gasteiger partial charge in [-0.05, 0) is 31.5 Å². The van der Waals surface area contributed by atoms with Crippen LogP contribution < -0.4 is 5.73 Å². The lowest BCUT2D eigenvalue weighted by Gasteiger charge is -2.22. The predicted octanol–water partition coefficient (Wildman–Crippen LogP) is 1.32. The maximum atomic E-state index is 13.3. The van der Waals surface area contributed by atoms with Gasteiger partial charge >= 0.3 is 0 Å². The van der Waals surface area contributed by atoms with Crippen LogP contribution >= 0.6 is 0 Å². The molecule has 2 aromatic rings. The van der Waals surface area contributed by atoms with Crippen LogP contribution in [0.5, 0.6) is 0 Å². The molecule has 1 fully saturated rings. The molecule has 2 heterocycles. The van der Waals surface area contributed by atoms with E-state index in [2.05, 4.69) is 4.98 Å². The van der Waals surface area contributed by atoms with Crippen LogP contribution in [-0.2, 0) is 4.79 Å². The summed E-state index contributed by atoms with van der Waals surface area (Å²) in [6, 6.07) is 6.13. The summed E-state index contributed by atoms with van der Waals surface area (Å²) in [6.07, 6.45) is 0.782. The minimum Gasteiger partial charge on any atom is -0.369 e. The van der Waals surface area contributed by atoms with Crippen molar-refractivity contribution < 1.29 is 14.0 Å². The second-order valence-electron chi connectivity index (χ2n) is 6.35. The third kappa shape index (κ3) is 3.93. The van der Waals surface area contributed by atoms with Crippen LogP contribution in [0.2, 0.25) is 0 Å². The normalized spacial score (nSPS) is 16.0. The number of nitrogens with two attached hydrogens (primary N) is 1. The van der Waals surface area contributed by atoms with Crippen LogP contribution in [0.1, 0.15) is 22.5 Å². The Hall–Kier alpha value is -2.54. The molecule has 0 aliphatic carbocycles. The third-order valence-corrected chi connectivity index (χ3v) is 4.46. The van der Waals surface area contributed by atoms with E-state index in [1.807, 2.05) is 4.90 Å². The molecule has 1 aromatic carbocycles. The number of amides is 2. The van der Waals surface area contributed by atoms with Crippen molar-refractivity contribution in [1.82, 2.24) is 14.8 Å². The molecule has 25 heavy (non-hydrogen) atoms. The SMILES string of the molecule is Cc1nc2cc(F)ccc2cc1C(=O)N1CCCN(CC(N)=O)CC1. The lowest BCUT2D eigenvalue weighted by molar-refractivity contribution is -0.119. The van der Waals surface area contributed by atoms with Gasteiger partial charge in [-0.3, -0.25) is 19.5 Å². The zero-order valence-electron chi connectivity index (χ0n) is 14.2. The van der Waals surface area contributed by atoms with Gasteiger partial charge in [0.2, 0.25) is 5.91 Å². The monoisotopic (exact) mass is 344 g/mol. The molecule has 0 atom stereocenters. The molecule has 0 unspecified atom stereocenters. The number of carbonyl (C=O) groups excluding carboxylic acids is 2. The summed E-state index contributed by atoms with van der Waals surface area (Å²) in [5.74, 6) is -0.792. The summed E-state index contributed by atoms with van der Waals surface area (Å²) >= 11 is 0. The third-order valence-electron chi connectivity index (χ3n) is 4.46. The molecule has 2 amide bonds. The number of halogens is 1. The fraction of sp³-hybridized carbons (Fsp3) is 0.389. The summed E-state index contributed by atoms with van der Waals surface area (Å²) in [5.41, 5.74) is 6.90. The fourth-order valence-corrected chi connectivity index (χ4v) is 3.18. The van der Waals surface area contributed by atoms with Crippen molar-refractivity contribution in [3.63, 3.8) is 0 Å². The number of aromatic nitrogens is 1. The van der Waals surface area contributed by atoms with E-state index in [-0.39, 0.29) is 24.2 Å². The first-order valence-corrected chi connectivity index (χ1v) is 8.31. The Morgan fingerprint density at radius 2 is 2.00 bits per heavy atom. The van der Waals surface area contributed by atoms with Crippen LogP contribution in [0, 0.1) is 12.7 Å². The number of nitrogens with zero attached hydrogens (tertiary/aromatic N) is 3. The number of hydrogen-bond donors (Lipinski definition) is 1. The van der Waals surface area contributed by atoms with Crippen molar-refractivity contribution in [1.29, 1.82) is 0 Å². The van der Waals surface area contributed by atoms with Gasteiger partial charge in [0, 0.05) is 37.6 Å². The Morgan fingerprint density at radius 1 is 1.20 bits per heavy atom. The van der Waals surface area contributed by atoms with Gasteiger partial charge in [-0.1, -0.05) is 0 Å². The summed E-state index contributed by atoms with van der Waals surface area (Å²) in [7, 11) is 0. The molecular formula is C18H21FN4O2. The highest BCUT2D eigenvalue weighted by atomic mass is 19.1. The van der Waals surface area contributed by atoms with Gasteiger partial charge < -0.3 is 10.6 Å². The molecule has 0 radical (unpaired) electrons. The summed E-state index contributed by atoms with van der Waals surface area (Å²) < 4.78 is 13.3. The highest BCUT2D eigenvalue weighted by Gasteiger charge is 2.22. The zero-order valence-corrected chi connectivity index (χ0v) is 14.2. The topological polar surface area (TPSA) is 79.5 Å². The van der Waals surface area contributed by atoms with Crippen LogP contribution in [0.15, 0.2) is 24.3 Å². The number of primary amides is 1. The molecule has 1 aliphatic heterocycles. The molecule has 132 valence electrons. The van der Waals surface area contributed by atoms with Gasteiger partial charge in [0.15, 0.2) is 0 Å². The molecule has 0 bridgehead atoms. The first-order valence-electron chi connectivity index (χ1n) is 8.31. The highest BCUT2D eigenvalue weighted by molar-refractivity contribution is 5.98.